The highest BCUT2D eigenvalue weighted by atomic mass is 32.2. The second-order valence-corrected chi connectivity index (χ2v) is 5.18. The molecule has 0 spiro atoms. The molecule has 1 heterocycles. The molecule has 1 atom stereocenters. The van der Waals surface area contributed by atoms with Crippen LogP contribution in [-0.2, 0) is 4.79 Å². The fraction of sp³-hybridized carbons (Fsp3) is 0.462. The highest BCUT2D eigenvalue weighted by Crippen LogP contribution is 2.16. The minimum atomic E-state index is -0.0877. The fourth-order valence-electron chi connectivity index (χ4n) is 1.76. The number of hydrogen-bond donors (Lipinski definition) is 2. The molecule has 0 aromatic heterocycles. The van der Waals surface area contributed by atoms with E-state index in [0.717, 1.165) is 29.5 Å². The number of amides is 1. The molecule has 1 fully saturated rings. The van der Waals surface area contributed by atoms with Crippen molar-refractivity contribution in [3.63, 3.8) is 0 Å². The van der Waals surface area contributed by atoms with Gasteiger partial charge in [-0.15, -0.1) is 0 Å². The van der Waals surface area contributed by atoms with Crippen LogP contribution in [0, 0.1) is 0 Å². The Morgan fingerprint density at radius 2 is 2.28 bits per heavy atom. The van der Waals surface area contributed by atoms with Gasteiger partial charge in [0.05, 0.1) is 12.6 Å². The molecule has 0 radical (unpaired) electrons. The summed E-state index contributed by atoms with van der Waals surface area (Å²) in [6.07, 6.45) is 0. The number of benzene rings is 1. The predicted molar refractivity (Wildman–Crippen MR) is 75.4 cm³/mol. The third-order valence-corrected chi connectivity index (χ3v) is 3.73. The SMILES string of the molecule is CCOc1ccc(NC(=O)C2CSCCN2)cc1. The third-order valence-electron chi connectivity index (χ3n) is 2.67. The van der Waals surface area contributed by atoms with Crippen LogP contribution in [0.5, 0.6) is 5.75 Å². The van der Waals surface area contributed by atoms with E-state index in [1.807, 2.05) is 43.0 Å². The van der Waals surface area contributed by atoms with E-state index in [9.17, 15) is 4.79 Å². The third kappa shape index (κ3) is 3.65. The molecule has 1 unspecified atom stereocenters. The van der Waals surface area contributed by atoms with E-state index in [4.69, 9.17) is 4.74 Å². The van der Waals surface area contributed by atoms with Crippen molar-refractivity contribution in [1.82, 2.24) is 5.32 Å². The molecular formula is C13H18N2O2S. The Kier molecular flexibility index (Phi) is 4.90. The molecule has 2 N–H and O–H groups in total. The van der Waals surface area contributed by atoms with Gasteiger partial charge in [0.25, 0.3) is 0 Å². The largest absolute Gasteiger partial charge is 0.494 e. The van der Waals surface area contributed by atoms with Gasteiger partial charge in [-0.2, -0.15) is 11.8 Å². The number of thioether (sulfide) groups is 1. The number of hydrogen-bond acceptors (Lipinski definition) is 4. The summed E-state index contributed by atoms with van der Waals surface area (Å²) in [5.74, 6) is 2.77. The van der Waals surface area contributed by atoms with Gasteiger partial charge in [0.1, 0.15) is 5.75 Å². The zero-order valence-electron chi connectivity index (χ0n) is 10.4. The second kappa shape index (κ2) is 6.66. The Morgan fingerprint density at radius 3 is 2.89 bits per heavy atom. The zero-order chi connectivity index (χ0) is 12.8. The van der Waals surface area contributed by atoms with Crippen LogP contribution in [0.3, 0.4) is 0 Å². The first kappa shape index (κ1) is 13.2. The average molecular weight is 266 g/mol. The molecule has 5 heteroatoms. The van der Waals surface area contributed by atoms with E-state index in [1.165, 1.54) is 0 Å². The van der Waals surface area contributed by atoms with E-state index in [1.54, 1.807) is 0 Å². The summed E-state index contributed by atoms with van der Waals surface area (Å²) in [7, 11) is 0. The van der Waals surface area contributed by atoms with Crippen molar-refractivity contribution in [2.24, 2.45) is 0 Å². The quantitative estimate of drug-likeness (QED) is 0.871. The Hall–Kier alpha value is -1.20. The highest BCUT2D eigenvalue weighted by molar-refractivity contribution is 7.99. The molecule has 1 saturated heterocycles. The van der Waals surface area contributed by atoms with Gasteiger partial charge in [-0.1, -0.05) is 0 Å². The predicted octanol–water partition coefficient (Wildman–Crippen LogP) is 1.73. The van der Waals surface area contributed by atoms with E-state index in [-0.39, 0.29) is 11.9 Å². The summed E-state index contributed by atoms with van der Waals surface area (Å²) >= 11 is 1.81. The fourth-order valence-corrected chi connectivity index (χ4v) is 2.70. The summed E-state index contributed by atoms with van der Waals surface area (Å²) in [5, 5.41) is 6.12. The molecule has 18 heavy (non-hydrogen) atoms. The molecule has 2 rings (SSSR count). The van der Waals surface area contributed by atoms with Gasteiger partial charge in [-0.3, -0.25) is 4.79 Å². The van der Waals surface area contributed by atoms with Crippen LogP contribution in [0.1, 0.15) is 6.92 Å². The molecular weight excluding hydrogens is 248 g/mol. The van der Waals surface area contributed by atoms with Crippen LogP contribution >= 0.6 is 11.8 Å². The van der Waals surface area contributed by atoms with Crippen molar-refractivity contribution in [2.45, 2.75) is 13.0 Å². The molecule has 1 aromatic carbocycles. The number of anilines is 1. The minimum absolute atomic E-state index is 0.0337. The first-order valence-corrected chi connectivity index (χ1v) is 7.30. The molecule has 98 valence electrons. The van der Waals surface area contributed by atoms with Crippen molar-refractivity contribution in [2.75, 3.05) is 30.0 Å². The van der Waals surface area contributed by atoms with Crippen molar-refractivity contribution in [3.05, 3.63) is 24.3 Å². The van der Waals surface area contributed by atoms with E-state index >= 15 is 0 Å². The maximum absolute atomic E-state index is 12.0. The molecule has 0 saturated carbocycles. The lowest BCUT2D eigenvalue weighted by Crippen LogP contribution is -2.46. The summed E-state index contributed by atoms with van der Waals surface area (Å²) in [6.45, 7) is 3.49. The number of rotatable bonds is 4. The van der Waals surface area contributed by atoms with Gasteiger partial charge in [-0.25, -0.2) is 0 Å². The van der Waals surface area contributed by atoms with E-state index in [2.05, 4.69) is 10.6 Å². The zero-order valence-corrected chi connectivity index (χ0v) is 11.3. The summed E-state index contributed by atoms with van der Waals surface area (Å²) < 4.78 is 5.35. The molecule has 0 aliphatic carbocycles. The standard InChI is InChI=1S/C13H18N2O2S/c1-2-17-11-5-3-10(4-6-11)15-13(16)12-9-18-8-7-14-12/h3-6,12,14H,2,7-9H2,1H3,(H,15,16). The second-order valence-electron chi connectivity index (χ2n) is 4.03. The van der Waals surface area contributed by atoms with Crippen molar-refractivity contribution >= 4 is 23.4 Å². The van der Waals surface area contributed by atoms with E-state index in [0.29, 0.717) is 6.61 Å². The Labute approximate surface area is 111 Å². The molecule has 4 nitrogen and oxygen atoms in total. The van der Waals surface area contributed by atoms with E-state index < -0.39 is 0 Å². The van der Waals surface area contributed by atoms with Crippen LogP contribution in [0.4, 0.5) is 5.69 Å². The average Bonchev–Trinajstić information content (AvgIpc) is 2.42. The van der Waals surface area contributed by atoms with Gasteiger partial charge in [0, 0.05) is 23.7 Å². The lowest BCUT2D eigenvalue weighted by Gasteiger charge is -2.22. The summed E-state index contributed by atoms with van der Waals surface area (Å²) in [6, 6.07) is 7.36. The smallest absolute Gasteiger partial charge is 0.242 e. The Bertz CT molecular complexity index is 388. The number of carbonyl (C=O) groups is 1. The first-order valence-electron chi connectivity index (χ1n) is 6.14. The topological polar surface area (TPSA) is 50.4 Å². The molecule has 1 amide bonds. The van der Waals surface area contributed by atoms with Gasteiger partial charge >= 0.3 is 0 Å². The first-order chi connectivity index (χ1) is 8.79. The molecule has 1 aliphatic heterocycles. The Balaban J connectivity index is 1.89. The normalized spacial score (nSPS) is 19.3. The van der Waals surface area contributed by atoms with Gasteiger partial charge in [-0.05, 0) is 31.2 Å². The van der Waals surface area contributed by atoms with Crippen molar-refractivity contribution in [3.8, 4) is 5.75 Å². The van der Waals surface area contributed by atoms with Crippen LogP contribution in [0.15, 0.2) is 24.3 Å². The maximum atomic E-state index is 12.0. The number of carbonyl (C=O) groups excluding carboxylic acids is 1. The maximum Gasteiger partial charge on any atom is 0.242 e. The minimum Gasteiger partial charge on any atom is -0.494 e. The van der Waals surface area contributed by atoms with Gasteiger partial charge in [0.2, 0.25) is 5.91 Å². The summed E-state index contributed by atoms with van der Waals surface area (Å²) in [5.41, 5.74) is 0.806. The van der Waals surface area contributed by atoms with Crippen LogP contribution in [-0.4, -0.2) is 36.6 Å². The monoisotopic (exact) mass is 266 g/mol. The molecule has 0 bridgehead atoms. The highest BCUT2D eigenvalue weighted by Gasteiger charge is 2.20. The number of nitrogens with one attached hydrogen (secondary N) is 2. The van der Waals surface area contributed by atoms with Crippen molar-refractivity contribution < 1.29 is 9.53 Å². The Morgan fingerprint density at radius 1 is 1.50 bits per heavy atom. The van der Waals surface area contributed by atoms with Gasteiger partial charge < -0.3 is 15.4 Å². The van der Waals surface area contributed by atoms with Crippen LogP contribution in [0.2, 0.25) is 0 Å². The summed E-state index contributed by atoms with van der Waals surface area (Å²) in [4.78, 5) is 12.0. The number of ether oxygens (including phenoxy) is 1. The molecule has 1 aliphatic rings. The lowest BCUT2D eigenvalue weighted by molar-refractivity contribution is -0.117. The van der Waals surface area contributed by atoms with Gasteiger partial charge in [0.15, 0.2) is 0 Å². The lowest BCUT2D eigenvalue weighted by atomic mass is 10.2. The molecule has 1 aromatic rings. The van der Waals surface area contributed by atoms with Crippen molar-refractivity contribution in [1.29, 1.82) is 0 Å². The van der Waals surface area contributed by atoms with Crippen LogP contribution in [0.25, 0.3) is 0 Å². The van der Waals surface area contributed by atoms with Crippen LogP contribution < -0.4 is 15.4 Å².